The summed E-state index contributed by atoms with van der Waals surface area (Å²) in [5, 5.41) is 14.0. The number of ether oxygens (including phenoxy) is 1. The Labute approximate surface area is 111 Å². The molecule has 1 fully saturated rings. The van der Waals surface area contributed by atoms with Gasteiger partial charge in [-0.1, -0.05) is 0 Å². The first kappa shape index (κ1) is 13.6. The lowest BCUT2D eigenvalue weighted by molar-refractivity contribution is -0.384. The zero-order valence-corrected chi connectivity index (χ0v) is 10.6. The highest BCUT2D eigenvalue weighted by Crippen LogP contribution is 2.24. The van der Waals surface area contributed by atoms with Crippen LogP contribution >= 0.6 is 0 Å². The molecule has 0 spiro atoms. The molecule has 0 radical (unpaired) electrons. The first-order valence-corrected chi connectivity index (χ1v) is 6.30. The standard InChI is InChI=1S/C12H18N4O3/c13-15-10-5-9(6-11(7-10)16(17)18)14-8-12-3-1-2-4-19-12/h5-7,12,14-15H,1-4,8,13H2. The maximum atomic E-state index is 10.8. The molecule has 0 bridgehead atoms. The van der Waals surface area contributed by atoms with Crippen molar-refractivity contribution in [3.63, 3.8) is 0 Å². The maximum absolute atomic E-state index is 10.8. The Balaban J connectivity index is 2.02. The molecule has 1 unspecified atom stereocenters. The van der Waals surface area contributed by atoms with Crippen molar-refractivity contribution in [3.05, 3.63) is 28.3 Å². The van der Waals surface area contributed by atoms with Crippen molar-refractivity contribution < 1.29 is 9.66 Å². The number of non-ortho nitro benzene ring substituents is 1. The SMILES string of the molecule is NNc1cc(NCC2CCCCO2)cc([N+](=O)[O-])c1. The number of anilines is 2. The number of nitro groups is 1. The van der Waals surface area contributed by atoms with Crippen LogP contribution in [0, 0.1) is 10.1 Å². The van der Waals surface area contributed by atoms with Crippen LogP contribution < -0.4 is 16.6 Å². The number of rotatable bonds is 5. The zero-order chi connectivity index (χ0) is 13.7. The molecule has 1 aliphatic rings. The van der Waals surface area contributed by atoms with E-state index in [0.717, 1.165) is 25.9 Å². The van der Waals surface area contributed by atoms with E-state index in [4.69, 9.17) is 10.6 Å². The molecule has 1 aromatic rings. The Kier molecular flexibility index (Phi) is 4.53. The van der Waals surface area contributed by atoms with Gasteiger partial charge in [-0.15, -0.1) is 0 Å². The molecular weight excluding hydrogens is 248 g/mol. The van der Waals surface area contributed by atoms with Gasteiger partial charge in [-0.2, -0.15) is 0 Å². The summed E-state index contributed by atoms with van der Waals surface area (Å²) in [5.41, 5.74) is 3.59. The Hall–Kier alpha value is -1.86. The molecule has 7 nitrogen and oxygen atoms in total. The minimum absolute atomic E-state index is 0.00233. The predicted molar refractivity (Wildman–Crippen MR) is 73.0 cm³/mol. The fourth-order valence-electron chi connectivity index (χ4n) is 2.10. The second-order valence-electron chi connectivity index (χ2n) is 4.54. The highest BCUT2D eigenvalue weighted by atomic mass is 16.6. The van der Waals surface area contributed by atoms with Crippen LogP contribution in [0.25, 0.3) is 0 Å². The van der Waals surface area contributed by atoms with Crippen LogP contribution in [0.5, 0.6) is 0 Å². The second kappa shape index (κ2) is 6.35. The summed E-state index contributed by atoms with van der Waals surface area (Å²) in [6.07, 6.45) is 3.46. The van der Waals surface area contributed by atoms with Crippen molar-refractivity contribution in [2.75, 3.05) is 23.9 Å². The lowest BCUT2D eigenvalue weighted by atomic mass is 10.1. The van der Waals surface area contributed by atoms with E-state index < -0.39 is 4.92 Å². The van der Waals surface area contributed by atoms with Crippen LogP contribution in [-0.2, 0) is 4.74 Å². The van der Waals surface area contributed by atoms with Gasteiger partial charge in [-0.25, -0.2) is 0 Å². The summed E-state index contributed by atoms with van der Waals surface area (Å²) < 4.78 is 5.60. The average molecular weight is 266 g/mol. The van der Waals surface area contributed by atoms with E-state index in [1.165, 1.54) is 12.1 Å². The normalized spacial score (nSPS) is 18.9. The van der Waals surface area contributed by atoms with Crippen molar-refractivity contribution >= 4 is 17.1 Å². The highest BCUT2D eigenvalue weighted by molar-refractivity contribution is 5.63. The van der Waals surface area contributed by atoms with Crippen molar-refractivity contribution in [3.8, 4) is 0 Å². The van der Waals surface area contributed by atoms with Crippen molar-refractivity contribution in [2.45, 2.75) is 25.4 Å². The van der Waals surface area contributed by atoms with Gasteiger partial charge in [-0.05, 0) is 25.3 Å². The predicted octanol–water partition coefficient (Wildman–Crippen LogP) is 1.86. The number of nitrogens with zero attached hydrogens (tertiary/aromatic N) is 1. The third-order valence-electron chi connectivity index (χ3n) is 3.10. The Morgan fingerprint density at radius 2 is 2.16 bits per heavy atom. The second-order valence-corrected chi connectivity index (χ2v) is 4.54. The molecular formula is C12H18N4O3. The monoisotopic (exact) mass is 266 g/mol. The number of nitrogen functional groups attached to an aromatic ring is 1. The molecule has 2 rings (SSSR count). The van der Waals surface area contributed by atoms with Crippen LogP contribution in [0.3, 0.4) is 0 Å². The third-order valence-corrected chi connectivity index (χ3v) is 3.10. The molecule has 0 saturated carbocycles. The number of nitrogens with two attached hydrogens (primary N) is 1. The molecule has 1 aromatic carbocycles. The third kappa shape index (κ3) is 3.80. The molecule has 7 heteroatoms. The molecule has 0 aromatic heterocycles. The molecule has 4 N–H and O–H groups in total. The topological polar surface area (TPSA) is 102 Å². The Morgan fingerprint density at radius 1 is 1.37 bits per heavy atom. The van der Waals surface area contributed by atoms with Crippen LogP contribution in [0.2, 0.25) is 0 Å². The lowest BCUT2D eigenvalue weighted by Crippen LogP contribution is -2.27. The minimum atomic E-state index is -0.441. The molecule has 104 valence electrons. The summed E-state index contributed by atoms with van der Waals surface area (Å²) in [7, 11) is 0. The van der Waals surface area contributed by atoms with Gasteiger partial charge in [0.05, 0.1) is 16.7 Å². The quantitative estimate of drug-likeness (QED) is 0.427. The van der Waals surface area contributed by atoms with Crippen LogP contribution in [0.15, 0.2) is 18.2 Å². The van der Waals surface area contributed by atoms with Gasteiger partial charge in [-0.3, -0.25) is 16.0 Å². The van der Waals surface area contributed by atoms with Crippen molar-refractivity contribution in [1.82, 2.24) is 0 Å². The minimum Gasteiger partial charge on any atom is -0.382 e. The smallest absolute Gasteiger partial charge is 0.273 e. The molecule has 1 saturated heterocycles. The van der Waals surface area contributed by atoms with Crippen molar-refractivity contribution in [2.24, 2.45) is 5.84 Å². The fraction of sp³-hybridized carbons (Fsp3) is 0.500. The van der Waals surface area contributed by atoms with E-state index in [1.54, 1.807) is 6.07 Å². The van der Waals surface area contributed by atoms with Gasteiger partial charge in [0.25, 0.3) is 5.69 Å². The van der Waals surface area contributed by atoms with E-state index in [1.807, 2.05) is 0 Å². The van der Waals surface area contributed by atoms with E-state index in [9.17, 15) is 10.1 Å². The Morgan fingerprint density at radius 3 is 2.79 bits per heavy atom. The maximum Gasteiger partial charge on any atom is 0.273 e. The summed E-state index contributed by atoms with van der Waals surface area (Å²) in [4.78, 5) is 10.4. The number of benzene rings is 1. The summed E-state index contributed by atoms with van der Waals surface area (Å²) in [5.74, 6) is 5.30. The number of hydrazine groups is 1. The molecule has 1 heterocycles. The van der Waals surface area contributed by atoms with E-state index in [-0.39, 0.29) is 11.8 Å². The summed E-state index contributed by atoms with van der Waals surface area (Å²) >= 11 is 0. The largest absolute Gasteiger partial charge is 0.382 e. The molecule has 0 aliphatic carbocycles. The van der Waals surface area contributed by atoms with Crippen molar-refractivity contribution in [1.29, 1.82) is 0 Å². The van der Waals surface area contributed by atoms with E-state index in [0.29, 0.717) is 17.9 Å². The van der Waals surface area contributed by atoms with Crippen LogP contribution in [-0.4, -0.2) is 24.2 Å². The van der Waals surface area contributed by atoms with Gasteiger partial charge < -0.3 is 15.5 Å². The zero-order valence-electron chi connectivity index (χ0n) is 10.6. The van der Waals surface area contributed by atoms with Gasteiger partial charge in [0.2, 0.25) is 0 Å². The number of hydrogen-bond donors (Lipinski definition) is 3. The highest BCUT2D eigenvalue weighted by Gasteiger charge is 2.14. The first-order valence-electron chi connectivity index (χ1n) is 6.30. The lowest BCUT2D eigenvalue weighted by Gasteiger charge is -2.23. The summed E-state index contributed by atoms with van der Waals surface area (Å²) in [6.45, 7) is 1.43. The molecule has 1 atom stereocenters. The first-order chi connectivity index (χ1) is 9.19. The molecule has 19 heavy (non-hydrogen) atoms. The van der Waals surface area contributed by atoms with Gasteiger partial charge in [0, 0.05) is 31.0 Å². The number of hydrogen-bond acceptors (Lipinski definition) is 6. The molecule has 0 amide bonds. The Bertz CT molecular complexity index is 447. The van der Waals surface area contributed by atoms with Gasteiger partial charge in [0.1, 0.15) is 0 Å². The van der Waals surface area contributed by atoms with Gasteiger partial charge >= 0.3 is 0 Å². The number of nitrogens with one attached hydrogen (secondary N) is 2. The summed E-state index contributed by atoms with van der Waals surface area (Å²) in [6, 6.07) is 4.61. The fourth-order valence-corrected chi connectivity index (χ4v) is 2.10. The number of nitro benzene ring substituents is 1. The van der Waals surface area contributed by atoms with Crippen LogP contribution in [0.4, 0.5) is 17.1 Å². The van der Waals surface area contributed by atoms with E-state index in [2.05, 4.69) is 10.7 Å². The van der Waals surface area contributed by atoms with E-state index >= 15 is 0 Å². The van der Waals surface area contributed by atoms with Crippen LogP contribution in [0.1, 0.15) is 19.3 Å². The molecule has 1 aliphatic heterocycles. The van der Waals surface area contributed by atoms with Gasteiger partial charge in [0.15, 0.2) is 0 Å². The average Bonchev–Trinajstić information content (AvgIpc) is 2.45.